The van der Waals surface area contributed by atoms with Crippen molar-refractivity contribution in [3.05, 3.63) is 65.7 Å². The van der Waals surface area contributed by atoms with Crippen LogP contribution in [-0.4, -0.2) is 4.92 Å². The van der Waals surface area contributed by atoms with Crippen molar-refractivity contribution in [1.29, 1.82) is 0 Å². The first-order chi connectivity index (χ1) is 9.88. The molecule has 0 spiro atoms. The van der Waals surface area contributed by atoms with Crippen LogP contribution >= 0.6 is 38.5 Å². The monoisotopic (exact) mass is 468 g/mol. The quantitative estimate of drug-likeness (QED) is 0.396. The van der Waals surface area contributed by atoms with Crippen LogP contribution in [0, 0.1) is 25.3 Å². The molecule has 2 rings (SSSR count). The summed E-state index contributed by atoms with van der Waals surface area (Å²) in [5.41, 5.74) is 0.394. The van der Waals surface area contributed by atoms with E-state index in [-0.39, 0.29) is 21.5 Å². The van der Waals surface area contributed by atoms with Crippen molar-refractivity contribution in [3.8, 4) is 0 Å². The zero-order valence-electron chi connectivity index (χ0n) is 10.4. The fourth-order valence-electron chi connectivity index (χ4n) is 1.70. The molecule has 0 aromatic heterocycles. The van der Waals surface area contributed by atoms with E-state index in [2.05, 4.69) is 21.2 Å². The lowest BCUT2D eigenvalue weighted by atomic mass is 10.2. The second-order valence-electron chi connectivity index (χ2n) is 4.13. The van der Waals surface area contributed by atoms with Gasteiger partial charge in [-0.3, -0.25) is 10.1 Å². The second kappa shape index (κ2) is 6.65. The Kier molecular flexibility index (Phi) is 5.09. The molecule has 0 aliphatic rings. The normalized spacial score (nSPS) is 10.5. The van der Waals surface area contributed by atoms with Crippen LogP contribution in [-0.2, 0) is 6.54 Å². The van der Waals surface area contributed by atoms with Crippen LogP contribution in [0.1, 0.15) is 5.56 Å². The molecule has 2 aromatic rings. The molecule has 0 atom stereocenters. The van der Waals surface area contributed by atoms with Crippen LogP contribution in [0.25, 0.3) is 0 Å². The van der Waals surface area contributed by atoms with E-state index in [4.69, 9.17) is 0 Å². The van der Waals surface area contributed by atoms with Crippen molar-refractivity contribution >= 4 is 49.9 Å². The molecule has 2 aromatic carbocycles. The Morgan fingerprint density at radius 1 is 1.29 bits per heavy atom. The van der Waals surface area contributed by atoms with Crippen molar-refractivity contribution < 1.29 is 13.7 Å². The molecule has 0 fully saturated rings. The number of hydrogen-bond acceptors (Lipinski definition) is 3. The highest BCUT2D eigenvalue weighted by Crippen LogP contribution is 2.29. The minimum atomic E-state index is -0.593. The number of nitrogens with one attached hydrogen (secondary N) is 1. The molecule has 8 heteroatoms. The predicted octanol–water partition coefficient (Wildman–Crippen LogP) is 4.85. The maximum Gasteiger partial charge on any atom is 0.293 e. The van der Waals surface area contributed by atoms with E-state index in [0.717, 1.165) is 12.1 Å². The lowest BCUT2D eigenvalue weighted by molar-refractivity contribution is -0.384. The Bertz CT molecular complexity index is 713. The Hall–Kier alpha value is -1.29. The van der Waals surface area contributed by atoms with Gasteiger partial charge in [-0.15, -0.1) is 0 Å². The van der Waals surface area contributed by atoms with E-state index < -0.39 is 16.6 Å². The van der Waals surface area contributed by atoms with Gasteiger partial charge >= 0.3 is 0 Å². The van der Waals surface area contributed by atoms with Gasteiger partial charge in [-0.1, -0.05) is 15.9 Å². The lowest BCUT2D eigenvalue weighted by Gasteiger charge is -2.10. The summed E-state index contributed by atoms with van der Waals surface area (Å²) in [4.78, 5) is 10.4. The molecule has 0 heterocycles. The van der Waals surface area contributed by atoms with Gasteiger partial charge in [-0.2, -0.15) is 0 Å². The van der Waals surface area contributed by atoms with Gasteiger partial charge in [0.25, 0.3) is 5.69 Å². The molecule has 0 aliphatic heterocycles. The Balaban J connectivity index is 2.29. The fourth-order valence-corrected chi connectivity index (χ4v) is 2.54. The van der Waals surface area contributed by atoms with Crippen molar-refractivity contribution in [2.45, 2.75) is 6.54 Å². The molecular weight excluding hydrogens is 461 g/mol. The summed E-state index contributed by atoms with van der Waals surface area (Å²) >= 11 is 4.95. The zero-order valence-corrected chi connectivity index (χ0v) is 14.1. The smallest absolute Gasteiger partial charge is 0.293 e. The highest BCUT2D eigenvalue weighted by atomic mass is 127. The first-order valence-electron chi connectivity index (χ1n) is 5.69. The number of rotatable bonds is 4. The number of nitro benzene ring substituents is 1. The van der Waals surface area contributed by atoms with Crippen molar-refractivity contribution in [2.24, 2.45) is 0 Å². The van der Waals surface area contributed by atoms with Crippen LogP contribution in [0.3, 0.4) is 0 Å². The minimum absolute atomic E-state index is 0.0501. The molecule has 1 N–H and O–H groups in total. The first-order valence-corrected chi connectivity index (χ1v) is 7.57. The van der Waals surface area contributed by atoms with Crippen LogP contribution in [0.5, 0.6) is 0 Å². The Morgan fingerprint density at radius 2 is 2.00 bits per heavy atom. The van der Waals surface area contributed by atoms with Crippen molar-refractivity contribution in [3.63, 3.8) is 0 Å². The summed E-state index contributed by atoms with van der Waals surface area (Å²) < 4.78 is 27.6. The molecule has 0 amide bonds. The predicted molar refractivity (Wildman–Crippen MR) is 87.2 cm³/mol. The highest BCUT2D eigenvalue weighted by molar-refractivity contribution is 14.1. The number of halogens is 4. The largest absolute Gasteiger partial charge is 0.375 e. The average Bonchev–Trinajstić information content (AvgIpc) is 2.42. The third-order valence-electron chi connectivity index (χ3n) is 2.71. The van der Waals surface area contributed by atoms with Crippen molar-refractivity contribution in [2.75, 3.05) is 5.32 Å². The summed E-state index contributed by atoms with van der Waals surface area (Å²) in [5.74, 6) is -0.972. The van der Waals surface area contributed by atoms with Crippen LogP contribution < -0.4 is 5.32 Å². The molecule has 0 radical (unpaired) electrons. The molecule has 0 saturated heterocycles. The summed E-state index contributed by atoms with van der Waals surface area (Å²) in [7, 11) is 0. The topological polar surface area (TPSA) is 55.2 Å². The third kappa shape index (κ3) is 3.88. The fraction of sp³-hybridized carbons (Fsp3) is 0.0769. The van der Waals surface area contributed by atoms with Gasteiger partial charge in [0.1, 0.15) is 17.3 Å². The summed E-state index contributed by atoms with van der Waals surface area (Å²) in [6.07, 6.45) is 0. The van der Waals surface area contributed by atoms with Gasteiger partial charge in [-0.05, 0) is 46.4 Å². The van der Waals surface area contributed by atoms with Gasteiger partial charge in [0.2, 0.25) is 0 Å². The first kappa shape index (κ1) is 16.1. The standard InChI is InChI=1S/C13H8BrF2IN2O2/c14-9-2-1-8(15)3-7(9)6-18-12-4-10(16)11(17)5-13(12)19(20)21/h1-5,18H,6H2. The van der Waals surface area contributed by atoms with E-state index in [1.54, 1.807) is 22.6 Å². The van der Waals surface area contributed by atoms with E-state index in [0.29, 0.717) is 10.0 Å². The zero-order chi connectivity index (χ0) is 15.6. The van der Waals surface area contributed by atoms with Gasteiger partial charge in [0, 0.05) is 23.2 Å². The highest BCUT2D eigenvalue weighted by Gasteiger charge is 2.17. The van der Waals surface area contributed by atoms with E-state index >= 15 is 0 Å². The molecule has 110 valence electrons. The molecule has 0 aliphatic carbocycles. The molecule has 4 nitrogen and oxygen atoms in total. The summed E-state index contributed by atoms with van der Waals surface area (Å²) in [6.45, 7) is 0.124. The van der Waals surface area contributed by atoms with Crippen LogP contribution in [0.2, 0.25) is 0 Å². The Morgan fingerprint density at radius 3 is 2.67 bits per heavy atom. The van der Waals surface area contributed by atoms with Gasteiger partial charge in [0.15, 0.2) is 0 Å². The SMILES string of the molecule is O=[N+]([O-])c1cc(I)c(F)cc1NCc1cc(F)ccc1Br. The van der Waals surface area contributed by atoms with Gasteiger partial charge < -0.3 is 5.32 Å². The molecule has 0 unspecified atom stereocenters. The number of benzene rings is 2. The van der Waals surface area contributed by atoms with Gasteiger partial charge in [0.05, 0.1) is 8.49 Å². The number of hydrogen-bond donors (Lipinski definition) is 1. The lowest BCUT2D eigenvalue weighted by Crippen LogP contribution is -2.05. The summed E-state index contributed by atoms with van der Waals surface area (Å²) in [5, 5.41) is 13.8. The second-order valence-corrected chi connectivity index (χ2v) is 6.15. The van der Waals surface area contributed by atoms with Gasteiger partial charge in [-0.25, -0.2) is 8.78 Å². The number of anilines is 1. The number of nitrogens with zero attached hydrogens (tertiary/aromatic N) is 1. The minimum Gasteiger partial charge on any atom is -0.375 e. The van der Waals surface area contributed by atoms with E-state index in [9.17, 15) is 18.9 Å². The Labute approximate surface area is 141 Å². The molecular formula is C13H8BrF2IN2O2. The van der Waals surface area contributed by atoms with E-state index in [1.807, 2.05) is 0 Å². The van der Waals surface area contributed by atoms with E-state index in [1.165, 1.54) is 18.2 Å². The third-order valence-corrected chi connectivity index (χ3v) is 4.31. The number of nitro groups is 1. The summed E-state index contributed by atoms with van der Waals surface area (Å²) in [6, 6.07) is 6.34. The van der Waals surface area contributed by atoms with Crippen molar-refractivity contribution in [1.82, 2.24) is 0 Å². The maximum absolute atomic E-state index is 13.6. The van der Waals surface area contributed by atoms with Crippen LogP contribution in [0.15, 0.2) is 34.8 Å². The average molecular weight is 469 g/mol. The maximum atomic E-state index is 13.6. The molecule has 21 heavy (non-hydrogen) atoms. The van der Waals surface area contributed by atoms with Crippen LogP contribution in [0.4, 0.5) is 20.2 Å². The molecule has 0 saturated carbocycles. The molecule has 0 bridgehead atoms.